The Morgan fingerprint density at radius 1 is 0.828 bits per heavy atom. The molecule has 0 radical (unpaired) electrons. The highest BCUT2D eigenvalue weighted by Crippen LogP contribution is 2.32. The van der Waals surface area contributed by atoms with Gasteiger partial charge < -0.3 is 20.1 Å². The molecule has 7 heteroatoms. The van der Waals surface area contributed by atoms with Crippen molar-refractivity contribution in [2.75, 3.05) is 0 Å². The van der Waals surface area contributed by atoms with E-state index >= 15 is 0 Å². The minimum atomic E-state index is -0.984. The molecule has 2 atom stereocenters. The summed E-state index contributed by atoms with van der Waals surface area (Å²) in [6.07, 6.45) is 5.63. The Bertz CT molecular complexity index is 612. The van der Waals surface area contributed by atoms with Crippen molar-refractivity contribution in [3.8, 4) is 0 Å². The van der Waals surface area contributed by atoms with Crippen LogP contribution in [0.25, 0.3) is 0 Å². The lowest BCUT2D eigenvalue weighted by molar-refractivity contribution is -0.160. The molecule has 2 amide bonds. The highest BCUT2D eigenvalue weighted by molar-refractivity contribution is 5.91. The van der Waals surface area contributed by atoms with Crippen LogP contribution in [0.15, 0.2) is 0 Å². The summed E-state index contributed by atoms with van der Waals surface area (Å²) in [5.41, 5.74) is -2.18. The van der Waals surface area contributed by atoms with Crippen LogP contribution in [-0.2, 0) is 19.1 Å². The molecule has 2 aliphatic carbocycles. The lowest BCUT2D eigenvalue weighted by Gasteiger charge is -2.38. The number of carbonyl (C=O) groups is 3. The van der Waals surface area contributed by atoms with Gasteiger partial charge in [-0.15, -0.1) is 0 Å². The summed E-state index contributed by atoms with van der Waals surface area (Å²) < 4.78 is 10.9. The lowest BCUT2D eigenvalue weighted by atomic mass is 9.80. The molecule has 2 N–H and O–H groups in total. The highest BCUT2D eigenvalue weighted by atomic mass is 16.6. The molecule has 0 spiro atoms. The Hall–Kier alpha value is -1.79. The fourth-order valence-corrected chi connectivity index (χ4v) is 4.16. The Morgan fingerprint density at radius 3 is 1.97 bits per heavy atom. The van der Waals surface area contributed by atoms with Gasteiger partial charge in [0.1, 0.15) is 16.7 Å². The fourth-order valence-electron chi connectivity index (χ4n) is 4.16. The molecule has 0 bridgehead atoms. The zero-order chi connectivity index (χ0) is 21.9. The number of hydrogen-bond donors (Lipinski definition) is 2. The number of esters is 1. The van der Waals surface area contributed by atoms with Gasteiger partial charge in [-0.05, 0) is 67.2 Å². The number of nitrogens with one attached hydrogen (secondary N) is 2. The van der Waals surface area contributed by atoms with Crippen molar-refractivity contribution in [3.63, 3.8) is 0 Å². The van der Waals surface area contributed by atoms with Crippen molar-refractivity contribution in [1.29, 1.82) is 0 Å². The smallest absolute Gasteiger partial charge is 0.408 e. The van der Waals surface area contributed by atoms with Gasteiger partial charge in [-0.25, -0.2) is 4.79 Å². The monoisotopic (exact) mass is 410 g/mol. The summed E-state index contributed by atoms with van der Waals surface area (Å²) >= 11 is 0. The third-order valence-corrected chi connectivity index (χ3v) is 5.42. The van der Waals surface area contributed by atoms with Gasteiger partial charge in [-0.3, -0.25) is 9.59 Å². The lowest BCUT2D eigenvalue weighted by Crippen LogP contribution is -2.62. The van der Waals surface area contributed by atoms with Crippen LogP contribution < -0.4 is 10.6 Å². The van der Waals surface area contributed by atoms with Crippen LogP contribution in [0.5, 0.6) is 0 Å². The predicted molar refractivity (Wildman–Crippen MR) is 110 cm³/mol. The molecule has 0 aromatic heterocycles. The molecule has 7 nitrogen and oxygen atoms in total. The average molecular weight is 411 g/mol. The summed E-state index contributed by atoms with van der Waals surface area (Å²) in [6.45, 7) is 10.9. The van der Waals surface area contributed by atoms with E-state index in [4.69, 9.17) is 9.47 Å². The van der Waals surface area contributed by atoms with E-state index in [-0.39, 0.29) is 23.8 Å². The van der Waals surface area contributed by atoms with E-state index in [9.17, 15) is 14.4 Å². The van der Waals surface area contributed by atoms with Crippen LogP contribution in [0.4, 0.5) is 4.79 Å². The van der Waals surface area contributed by atoms with Crippen LogP contribution in [-0.4, -0.2) is 40.8 Å². The zero-order valence-corrected chi connectivity index (χ0v) is 18.9. The van der Waals surface area contributed by atoms with Crippen molar-refractivity contribution < 1.29 is 23.9 Å². The second kappa shape index (κ2) is 8.92. The maximum atomic E-state index is 13.3. The van der Waals surface area contributed by atoms with E-state index < -0.39 is 22.8 Å². The Morgan fingerprint density at radius 2 is 1.41 bits per heavy atom. The highest BCUT2D eigenvalue weighted by Gasteiger charge is 2.45. The number of hydrogen-bond acceptors (Lipinski definition) is 5. The normalized spacial score (nSPS) is 24.5. The largest absolute Gasteiger partial charge is 0.460 e. The van der Waals surface area contributed by atoms with E-state index in [1.807, 2.05) is 20.8 Å². The Kier molecular flexibility index (Phi) is 7.23. The molecule has 0 aromatic carbocycles. The van der Waals surface area contributed by atoms with Crippen LogP contribution >= 0.6 is 0 Å². The molecule has 2 fully saturated rings. The molecule has 2 rings (SSSR count). The summed E-state index contributed by atoms with van der Waals surface area (Å²) in [4.78, 5) is 38.3. The Labute approximate surface area is 174 Å². The van der Waals surface area contributed by atoms with E-state index in [0.717, 1.165) is 32.1 Å². The second-order valence-corrected chi connectivity index (χ2v) is 10.4. The molecule has 29 heavy (non-hydrogen) atoms. The molecule has 0 aliphatic heterocycles. The molecule has 0 unspecified atom stereocenters. The van der Waals surface area contributed by atoms with Gasteiger partial charge in [0.05, 0.1) is 5.92 Å². The van der Waals surface area contributed by atoms with Gasteiger partial charge in [0.15, 0.2) is 0 Å². The van der Waals surface area contributed by atoms with Crippen molar-refractivity contribution in [2.24, 2.45) is 5.92 Å². The van der Waals surface area contributed by atoms with E-state index in [2.05, 4.69) is 10.6 Å². The number of carbonyl (C=O) groups excluding carboxylic acids is 3. The quantitative estimate of drug-likeness (QED) is 0.687. The molecule has 0 aromatic rings. The number of ether oxygens (including phenoxy) is 2. The van der Waals surface area contributed by atoms with Gasteiger partial charge in [0, 0.05) is 6.04 Å². The molecule has 0 saturated heterocycles. The first-order valence-electron chi connectivity index (χ1n) is 10.9. The van der Waals surface area contributed by atoms with Crippen molar-refractivity contribution in [1.82, 2.24) is 10.6 Å². The summed E-state index contributed by atoms with van der Waals surface area (Å²) in [5, 5.41) is 5.92. The summed E-state index contributed by atoms with van der Waals surface area (Å²) in [6, 6.07) is -0.267. The summed E-state index contributed by atoms with van der Waals surface area (Å²) in [7, 11) is 0. The predicted octanol–water partition coefficient (Wildman–Crippen LogP) is 3.84. The van der Waals surface area contributed by atoms with Crippen LogP contribution in [0.2, 0.25) is 0 Å². The molecule has 0 heterocycles. The van der Waals surface area contributed by atoms with E-state index in [1.54, 1.807) is 20.8 Å². The van der Waals surface area contributed by atoms with Gasteiger partial charge >= 0.3 is 12.1 Å². The zero-order valence-electron chi connectivity index (χ0n) is 18.9. The SMILES string of the molecule is CC(C)(C)OC(=O)NC1(C(=O)N[C@@H]2CCC[C@@H]2C(=O)OC(C)(C)C)CCCCC1. The Balaban J connectivity index is 2.09. The maximum Gasteiger partial charge on any atom is 0.408 e. The standard InChI is InChI=1S/C22H38N2O5/c1-20(2,3)28-17(25)15-11-10-12-16(15)23-18(26)22(13-8-7-9-14-22)24-19(27)29-21(4,5)6/h15-16H,7-14H2,1-6H3,(H,23,26)(H,24,27)/t15-,16+/m0/s1. The first-order valence-corrected chi connectivity index (χ1v) is 10.9. The molecule has 166 valence electrons. The number of rotatable bonds is 4. The molecular weight excluding hydrogens is 372 g/mol. The third kappa shape index (κ3) is 6.89. The second-order valence-electron chi connectivity index (χ2n) is 10.4. The minimum Gasteiger partial charge on any atom is -0.460 e. The third-order valence-electron chi connectivity index (χ3n) is 5.42. The number of alkyl carbamates (subject to hydrolysis) is 1. The average Bonchev–Trinajstić information content (AvgIpc) is 3.00. The van der Waals surface area contributed by atoms with Crippen molar-refractivity contribution in [2.45, 2.75) is 116 Å². The number of amides is 2. The van der Waals surface area contributed by atoms with Gasteiger partial charge in [-0.1, -0.05) is 25.7 Å². The fraction of sp³-hybridized carbons (Fsp3) is 0.864. The van der Waals surface area contributed by atoms with Crippen molar-refractivity contribution >= 4 is 18.0 Å². The minimum absolute atomic E-state index is 0.219. The van der Waals surface area contributed by atoms with Gasteiger partial charge in [0.25, 0.3) is 0 Å². The maximum absolute atomic E-state index is 13.3. The molecule has 2 saturated carbocycles. The first-order chi connectivity index (χ1) is 13.3. The van der Waals surface area contributed by atoms with E-state index in [0.29, 0.717) is 19.3 Å². The van der Waals surface area contributed by atoms with Crippen LogP contribution in [0.1, 0.15) is 92.9 Å². The van der Waals surface area contributed by atoms with E-state index in [1.165, 1.54) is 0 Å². The first kappa shape index (κ1) is 23.5. The molecular formula is C22H38N2O5. The van der Waals surface area contributed by atoms with Crippen LogP contribution in [0.3, 0.4) is 0 Å². The van der Waals surface area contributed by atoms with Gasteiger partial charge in [0.2, 0.25) is 5.91 Å². The van der Waals surface area contributed by atoms with Gasteiger partial charge in [-0.2, -0.15) is 0 Å². The van der Waals surface area contributed by atoms with Crippen molar-refractivity contribution in [3.05, 3.63) is 0 Å². The topological polar surface area (TPSA) is 93.7 Å². The summed E-state index contributed by atoms with van der Waals surface area (Å²) in [5.74, 6) is -0.832. The molecule has 2 aliphatic rings. The van der Waals surface area contributed by atoms with Crippen LogP contribution in [0, 0.1) is 5.92 Å².